The molecular weight excluding hydrogens is 164 g/mol. The van der Waals surface area contributed by atoms with Gasteiger partial charge >= 0.3 is 0 Å². The molecule has 3 nitrogen and oxygen atoms in total. The van der Waals surface area contributed by atoms with Crippen LogP contribution in [0.3, 0.4) is 0 Å². The molecule has 0 saturated carbocycles. The van der Waals surface area contributed by atoms with Gasteiger partial charge in [0, 0.05) is 18.7 Å². The second-order valence-electron chi connectivity index (χ2n) is 3.31. The zero-order valence-electron chi connectivity index (χ0n) is 7.66. The molecule has 3 heteroatoms. The van der Waals surface area contributed by atoms with Crippen molar-refractivity contribution >= 4 is 11.6 Å². The van der Waals surface area contributed by atoms with E-state index < -0.39 is 0 Å². The summed E-state index contributed by atoms with van der Waals surface area (Å²) in [6.45, 7) is 2.78. The van der Waals surface area contributed by atoms with E-state index >= 15 is 0 Å². The van der Waals surface area contributed by atoms with Crippen molar-refractivity contribution < 1.29 is 4.79 Å². The third kappa shape index (κ3) is 1.54. The van der Waals surface area contributed by atoms with Crippen LogP contribution in [0.2, 0.25) is 0 Å². The Kier molecular flexibility index (Phi) is 2.00. The Morgan fingerprint density at radius 1 is 1.46 bits per heavy atom. The van der Waals surface area contributed by atoms with Gasteiger partial charge in [0.25, 0.3) is 0 Å². The van der Waals surface area contributed by atoms with Gasteiger partial charge in [-0.2, -0.15) is 0 Å². The van der Waals surface area contributed by atoms with Crippen LogP contribution in [0.15, 0.2) is 18.3 Å². The SMILES string of the molecule is Cc1ccc(N2CCCC2=O)cn1. The Bertz CT molecular complexity index is 318. The molecule has 0 radical (unpaired) electrons. The molecule has 0 bridgehead atoms. The molecule has 1 amide bonds. The Morgan fingerprint density at radius 3 is 2.85 bits per heavy atom. The van der Waals surface area contributed by atoms with Gasteiger partial charge in [0.2, 0.25) is 5.91 Å². The molecule has 1 aliphatic heterocycles. The van der Waals surface area contributed by atoms with E-state index in [0.717, 1.165) is 24.3 Å². The number of carbonyl (C=O) groups is 1. The minimum absolute atomic E-state index is 0.214. The largest absolute Gasteiger partial charge is 0.311 e. The second-order valence-corrected chi connectivity index (χ2v) is 3.31. The van der Waals surface area contributed by atoms with E-state index in [1.165, 1.54) is 0 Å². The fraction of sp³-hybridized carbons (Fsp3) is 0.400. The first-order valence-corrected chi connectivity index (χ1v) is 4.50. The summed E-state index contributed by atoms with van der Waals surface area (Å²) in [5.74, 6) is 0.214. The monoisotopic (exact) mass is 176 g/mol. The number of hydrogen-bond acceptors (Lipinski definition) is 2. The molecule has 0 atom stereocenters. The highest BCUT2D eigenvalue weighted by Gasteiger charge is 2.21. The highest BCUT2D eigenvalue weighted by atomic mass is 16.2. The molecule has 2 rings (SSSR count). The lowest BCUT2D eigenvalue weighted by Crippen LogP contribution is -2.23. The summed E-state index contributed by atoms with van der Waals surface area (Å²) < 4.78 is 0. The lowest BCUT2D eigenvalue weighted by Gasteiger charge is -2.14. The molecule has 1 fully saturated rings. The van der Waals surface area contributed by atoms with Gasteiger partial charge in [0.05, 0.1) is 11.9 Å². The van der Waals surface area contributed by atoms with Crippen LogP contribution in [-0.2, 0) is 4.79 Å². The summed E-state index contributed by atoms with van der Waals surface area (Å²) in [5.41, 5.74) is 1.91. The quantitative estimate of drug-likeness (QED) is 0.650. The van der Waals surface area contributed by atoms with Gasteiger partial charge in [-0.3, -0.25) is 9.78 Å². The van der Waals surface area contributed by atoms with Gasteiger partial charge in [-0.05, 0) is 25.5 Å². The van der Waals surface area contributed by atoms with Crippen LogP contribution in [0.25, 0.3) is 0 Å². The maximum Gasteiger partial charge on any atom is 0.227 e. The van der Waals surface area contributed by atoms with Crippen LogP contribution in [0.4, 0.5) is 5.69 Å². The zero-order chi connectivity index (χ0) is 9.26. The highest BCUT2D eigenvalue weighted by Crippen LogP contribution is 2.19. The van der Waals surface area contributed by atoms with E-state index in [9.17, 15) is 4.79 Å². The molecule has 2 heterocycles. The van der Waals surface area contributed by atoms with Crippen molar-refractivity contribution in [2.45, 2.75) is 19.8 Å². The molecule has 0 spiro atoms. The van der Waals surface area contributed by atoms with Crippen LogP contribution in [0, 0.1) is 6.92 Å². The van der Waals surface area contributed by atoms with E-state index in [1.807, 2.05) is 19.1 Å². The molecule has 1 aromatic rings. The normalized spacial score (nSPS) is 16.7. The molecule has 0 aliphatic carbocycles. The van der Waals surface area contributed by atoms with Crippen molar-refractivity contribution in [3.63, 3.8) is 0 Å². The molecule has 0 unspecified atom stereocenters. The first-order chi connectivity index (χ1) is 6.27. The van der Waals surface area contributed by atoms with Gasteiger partial charge in [0.1, 0.15) is 0 Å². The molecule has 1 saturated heterocycles. The smallest absolute Gasteiger partial charge is 0.227 e. The van der Waals surface area contributed by atoms with Gasteiger partial charge in [-0.25, -0.2) is 0 Å². The van der Waals surface area contributed by atoms with E-state index in [-0.39, 0.29) is 5.91 Å². The van der Waals surface area contributed by atoms with Crippen LogP contribution in [-0.4, -0.2) is 17.4 Å². The Balaban J connectivity index is 2.25. The van der Waals surface area contributed by atoms with Crippen LogP contribution in [0.1, 0.15) is 18.5 Å². The minimum Gasteiger partial charge on any atom is -0.311 e. The maximum atomic E-state index is 11.4. The van der Waals surface area contributed by atoms with Crippen LogP contribution >= 0.6 is 0 Å². The molecule has 1 aromatic heterocycles. The van der Waals surface area contributed by atoms with E-state index in [1.54, 1.807) is 11.1 Å². The molecular formula is C10H12N2O. The molecule has 68 valence electrons. The maximum absolute atomic E-state index is 11.4. The summed E-state index contributed by atoms with van der Waals surface area (Å²) >= 11 is 0. The van der Waals surface area contributed by atoms with Crippen molar-refractivity contribution in [1.29, 1.82) is 0 Å². The lowest BCUT2D eigenvalue weighted by molar-refractivity contribution is -0.117. The van der Waals surface area contributed by atoms with Crippen molar-refractivity contribution in [1.82, 2.24) is 4.98 Å². The predicted octanol–water partition coefficient (Wildman–Crippen LogP) is 1.52. The summed E-state index contributed by atoms with van der Waals surface area (Å²) in [5, 5.41) is 0. The summed E-state index contributed by atoms with van der Waals surface area (Å²) in [6, 6.07) is 3.88. The summed E-state index contributed by atoms with van der Waals surface area (Å²) in [7, 11) is 0. The Morgan fingerprint density at radius 2 is 2.31 bits per heavy atom. The number of aryl methyl sites for hydroxylation is 1. The number of nitrogens with zero attached hydrogens (tertiary/aromatic N) is 2. The fourth-order valence-corrected chi connectivity index (χ4v) is 1.54. The number of hydrogen-bond donors (Lipinski definition) is 0. The van der Waals surface area contributed by atoms with Crippen molar-refractivity contribution in [3.8, 4) is 0 Å². The van der Waals surface area contributed by atoms with Crippen molar-refractivity contribution in [3.05, 3.63) is 24.0 Å². The topological polar surface area (TPSA) is 33.2 Å². The van der Waals surface area contributed by atoms with E-state index in [0.29, 0.717) is 6.42 Å². The number of carbonyl (C=O) groups excluding carboxylic acids is 1. The number of anilines is 1. The predicted molar refractivity (Wildman–Crippen MR) is 50.6 cm³/mol. The second kappa shape index (κ2) is 3.17. The van der Waals surface area contributed by atoms with Gasteiger partial charge in [-0.1, -0.05) is 0 Å². The van der Waals surface area contributed by atoms with Crippen LogP contribution < -0.4 is 4.90 Å². The van der Waals surface area contributed by atoms with Crippen molar-refractivity contribution in [2.75, 3.05) is 11.4 Å². The average Bonchev–Trinajstić information content (AvgIpc) is 2.53. The number of aromatic nitrogens is 1. The lowest BCUT2D eigenvalue weighted by atomic mass is 10.3. The minimum atomic E-state index is 0.214. The molecule has 0 aromatic carbocycles. The molecule has 0 N–H and O–H groups in total. The number of pyridine rings is 1. The standard InChI is InChI=1S/C10H12N2O/c1-8-4-5-9(7-11-8)12-6-2-3-10(12)13/h4-5,7H,2-3,6H2,1H3. The van der Waals surface area contributed by atoms with Gasteiger partial charge in [-0.15, -0.1) is 0 Å². The fourth-order valence-electron chi connectivity index (χ4n) is 1.54. The summed E-state index contributed by atoms with van der Waals surface area (Å²) in [6.07, 6.45) is 3.40. The Labute approximate surface area is 77.4 Å². The number of amides is 1. The Hall–Kier alpha value is -1.38. The molecule has 13 heavy (non-hydrogen) atoms. The van der Waals surface area contributed by atoms with Gasteiger partial charge < -0.3 is 4.90 Å². The summed E-state index contributed by atoms with van der Waals surface area (Å²) in [4.78, 5) is 17.3. The first-order valence-electron chi connectivity index (χ1n) is 4.50. The first kappa shape index (κ1) is 8.23. The zero-order valence-corrected chi connectivity index (χ0v) is 7.66. The van der Waals surface area contributed by atoms with E-state index in [2.05, 4.69) is 4.98 Å². The number of rotatable bonds is 1. The van der Waals surface area contributed by atoms with E-state index in [4.69, 9.17) is 0 Å². The van der Waals surface area contributed by atoms with Crippen molar-refractivity contribution in [2.24, 2.45) is 0 Å². The average molecular weight is 176 g/mol. The molecule has 1 aliphatic rings. The van der Waals surface area contributed by atoms with Crippen LogP contribution in [0.5, 0.6) is 0 Å². The third-order valence-corrected chi connectivity index (χ3v) is 2.28. The highest BCUT2D eigenvalue weighted by molar-refractivity contribution is 5.95. The van der Waals surface area contributed by atoms with Gasteiger partial charge in [0.15, 0.2) is 0 Å². The third-order valence-electron chi connectivity index (χ3n) is 2.28.